The van der Waals surface area contributed by atoms with Gasteiger partial charge >= 0.3 is 0 Å². The lowest BCUT2D eigenvalue weighted by atomic mass is 10.1. The predicted molar refractivity (Wildman–Crippen MR) is 97.5 cm³/mol. The van der Waals surface area contributed by atoms with Crippen LogP contribution in [0.3, 0.4) is 0 Å². The monoisotopic (exact) mass is 374 g/mol. The fourth-order valence-corrected chi connectivity index (χ4v) is 5.34. The van der Waals surface area contributed by atoms with E-state index in [1.54, 1.807) is 0 Å². The van der Waals surface area contributed by atoms with Crippen molar-refractivity contribution in [2.75, 3.05) is 6.26 Å². The molecule has 1 saturated carbocycles. The molecule has 0 radical (unpaired) electrons. The third kappa shape index (κ3) is 2.63. The lowest BCUT2D eigenvalue weighted by Gasteiger charge is -2.21. The van der Waals surface area contributed by atoms with Gasteiger partial charge in [-0.05, 0) is 25.0 Å². The second-order valence-electron chi connectivity index (χ2n) is 6.95. The van der Waals surface area contributed by atoms with Crippen LogP contribution in [0.25, 0.3) is 11.0 Å². The molecule has 7 nitrogen and oxygen atoms in total. The van der Waals surface area contributed by atoms with E-state index in [0.29, 0.717) is 25.2 Å². The summed E-state index contributed by atoms with van der Waals surface area (Å²) in [4.78, 5) is 9.13. The van der Waals surface area contributed by atoms with Crippen LogP contribution in [-0.2, 0) is 27.5 Å². The molecule has 4 rings (SSSR count). The van der Waals surface area contributed by atoms with Crippen LogP contribution in [0.5, 0.6) is 0 Å². The molecule has 3 aromatic rings. The van der Waals surface area contributed by atoms with E-state index in [2.05, 4.69) is 26.6 Å². The zero-order valence-corrected chi connectivity index (χ0v) is 15.8. The minimum atomic E-state index is -3.33. The van der Waals surface area contributed by atoms with Gasteiger partial charge in [0, 0.05) is 12.7 Å². The Hall–Kier alpha value is -2.22. The van der Waals surface area contributed by atoms with Crippen molar-refractivity contribution in [3.63, 3.8) is 0 Å². The fourth-order valence-electron chi connectivity index (χ4n) is 3.91. The summed E-state index contributed by atoms with van der Waals surface area (Å²) < 4.78 is 31.3. The first-order chi connectivity index (χ1) is 12.4. The van der Waals surface area contributed by atoms with Crippen molar-refractivity contribution in [2.24, 2.45) is 0 Å². The van der Waals surface area contributed by atoms with E-state index in [9.17, 15) is 8.42 Å². The lowest BCUT2D eigenvalue weighted by molar-refractivity contribution is 0.328. The Bertz CT molecular complexity index is 1050. The Morgan fingerprint density at radius 2 is 1.92 bits per heavy atom. The highest BCUT2D eigenvalue weighted by Crippen LogP contribution is 2.44. The Morgan fingerprint density at radius 1 is 1.19 bits per heavy atom. The number of sulfone groups is 1. The summed E-state index contributed by atoms with van der Waals surface area (Å²) >= 11 is 0. The maximum absolute atomic E-state index is 12.4. The number of aromatic nitrogens is 4. The molecule has 1 fully saturated rings. The van der Waals surface area contributed by atoms with Gasteiger partial charge in [0.05, 0.1) is 17.6 Å². The van der Waals surface area contributed by atoms with E-state index in [1.807, 2.05) is 24.3 Å². The molecule has 1 aromatic carbocycles. The van der Waals surface area contributed by atoms with Gasteiger partial charge in [-0.25, -0.2) is 13.4 Å². The van der Waals surface area contributed by atoms with Gasteiger partial charge < -0.3 is 9.09 Å². The van der Waals surface area contributed by atoms with Crippen LogP contribution < -0.4 is 0 Å². The van der Waals surface area contributed by atoms with Crippen molar-refractivity contribution in [1.29, 1.82) is 0 Å². The van der Waals surface area contributed by atoms with E-state index in [4.69, 9.17) is 4.52 Å². The predicted octanol–water partition coefficient (Wildman–Crippen LogP) is 2.84. The average Bonchev–Trinajstić information content (AvgIpc) is 3.33. The maximum atomic E-state index is 12.4. The third-order valence-corrected chi connectivity index (χ3v) is 7.33. The topological polar surface area (TPSA) is 90.9 Å². The minimum Gasteiger partial charge on any atom is -0.338 e. The number of rotatable bonds is 5. The van der Waals surface area contributed by atoms with Crippen molar-refractivity contribution >= 4 is 20.9 Å². The molecule has 0 atom stereocenters. The van der Waals surface area contributed by atoms with E-state index >= 15 is 0 Å². The average molecular weight is 374 g/mol. The van der Waals surface area contributed by atoms with Crippen LogP contribution in [0.4, 0.5) is 0 Å². The van der Waals surface area contributed by atoms with Crippen LogP contribution in [-0.4, -0.2) is 34.4 Å². The molecule has 0 bridgehead atoms. The highest BCUT2D eigenvalue weighted by molar-refractivity contribution is 7.91. The number of aryl methyl sites for hydroxylation is 1. The van der Waals surface area contributed by atoms with Crippen LogP contribution >= 0.6 is 0 Å². The molecule has 138 valence electrons. The SMILES string of the molecule is CCc1nc2ccccc2n1Cc1noc(C2(S(C)(=O)=O)CCCC2)n1. The number of hydrogen-bond donors (Lipinski definition) is 0. The van der Waals surface area contributed by atoms with Crippen molar-refractivity contribution in [3.8, 4) is 0 Å². The van der Waals surface area contributed by atoms with Crippen LogP contribution in [0.1, 0.15) is 50.1 Å². The largest absolute Gasteiger partial charge is 0.338 e. The Labute approximate surface area is 152 Å². The standard InChI is InChI=1S/C18H22N4O3S/c1-3-16-19-13-8-4-5-9-14(13)22(16)12-15-20-17(25-21-15)18(26(2,23)24)10-6-7-11-18/h4-5,8-9H,3,6-7,10-12H2,1-2H3. The van der Waals surface area contributed by atoms with Gasteiger partial charge in [0.2, 0.25) is 5.89 Å². The molecule has 0 aliphatic heterocycles. The second kappa shape index (κ2) is 6.19. The normalized spacial score (nSPS) is 17.2. The summed E-state index contributed by atoms with van der Waals surface area (Å²) in [5, 5.41) is 4.08. The van der Waals surface area contributed by atoms with E-state index in [-0.39, 0.29) is 5.89 Å². The molecule has 26 heavy (non-hydrogen) atoms. The molecule has 2 heterocycles. The zero-order chi connectivity index (χ0) is 18.4. The molecule has 0 unspecified atom stereocenters. The van der Waals surface area contributed by atoms with Gasteiger partial charge in [-0.15, -0.1) is 0 Å². The molecule has 8 heteroatoms. The van der Waals surface area contributed by atoms with Gasteiger partial charge in [-0.3, -0.25) is 0 Å². The molecular formula is C18H22N4O3S. The highest BCUT2D eigenvalue weighted by Gasteiger charge is 2.49. The van der Waals surface area contributed by atoms with Crippen molar-refractivity contribution < 1.29 is 12.9 Å². The van der Waals surface area contributed by atoms with E-state index in [1.165, 1.54) is 6.26 Å². The first kappa shape index (κ1) is 17.2. The molecule has 0 saturated heterocycles. The van der Waals surface area contributed by atoms with Crippen molar-refractivity contribution in [2.45, 2.75) is 50.3 Å². The van der Waals surface area contributed by atoms with E-state index in [0.717, 1.165) is 36.1 Å². The number of hydrogen-bond acceptors (Lipinski definition) is 6. The summed E-state index contributed by atoms with van der Waals surface area (Å²) in [6, 6.07) is 7.92. The Balaban J connectivity index is 1.72. The van der Waals surface area contributed by atoms with Gasteiger partial charge in [0.1, 0.15) is 5.82 Å². The number of benzene rings is 1. The first-order valence-corrected chi connectivity index (χ1v) is 10.8. The fraction of sp³-hybridized carbons (Fsp3) is 0.500. The van der Waals surface area contributed by atoms with Crippen molar-refractivity contribution in [1.82, 2.24) is 19.7 Å². The number of fused-ring (bicyclic) bond motifs is 1. The molecule has 1 aliphatic carbocycles. The minimum absolute atomic E-state index is 0.231. The van der Waals surface area contributed by atoms with Gasteiger partial charge in [-0.2, -0.15) is 4.98 Å². The molecule has 2 aromatic heterocycles. The summed E-state index contributed by atoms with van der Waals surface area (Å²) in [7, 11) is -3.33. The molecule has 1 aliphatic rings. The Kier molecular flexibility index (Phi) is 4.10. The summed E-state index contributed by atoms with van der Waals surface area (Å²) in [6.07, 6.45) is 4.85. The molecule has 0 spiro atoms. The molecular weight excluding hydrogens is 352 g/mol. The van der Waals surface area contributed by atoms with Crippen molar-refractivity contribution in [3.05, 3.63) is 41.8 Å². The number of imidazole rings is 1. The third-order valence-electron chi connectivity index (χ3n) is 5.33. The molecule has 0 amide bonds. The van der Waals surface area contributed by atoms with Gasteiger partial charge in [0.25, 0.3) is 0 Å². The lowest BCUT2D eigenvalue weighted by Crippen LogP contribution is -2.32. The molecule has 0 N–H and O–H groups in total. The highest BCUT2D eigenvalue weighted by atomic mass is 32.2. The van der Waals surface area contributed by atoms with Crippen LogP contribution in [0, 0.1) is 0 Å². The maximum Gasteiger partial charge on any atom is 0.248 e. The Morgan fingerprint density at radius 3 is 2.62 bits per heavy atom. The zero-order valence-electron chi connectivity index (χ0n) is 15.0. The summed E-state index contributed by atoms with van der Waals surface area (Å²) in [5.41, 5.74) is 1.94. The summed E-state index contributed by atoms with van der Waals surface area (Å²) in [5.74, 6) is 1.65. The number of para-hydroxylation sites is 2. The van der Waals surface area contributed by atoms with Gasteiger partial charge in [0.15, 0.2) is 20.4 Å². The van der Waals surface area contributed by atoms with Crippen LogP contribution in [0.15, 0.2) is 28.8 Å². The summed E-state index contributed by atoms with van der Waals surface area (Å²) in [6.45, 7) is 2.46. The van der Waals surface area contributed by atoms with E-state index < -0.39 is 14.6 Å². The quantitative estimate of drug-likeness (QED) is 0.682. The van der Waals surface area contributed by atoms with Crippen LogP contribution in [0.2, 0.25) is 0 Å². The van der Waals surface area contributed by atoms with Gasteiger partial charge in [-0.1, -0.05) is 37.1 Å². The second-order valence-corrected chi connectivity index (χ2v) is 9.27. The first-order valence-electron chi connectivity index (χ1n) is 8.91. The smallest absolute Gasteiger partial charge is 0.248 e. The number of nitrogens with zero attached hydrogens (tertiary/aromatic N) is 4.